The summed E-state index contributed by atoms with van der Waals surface area (Å²) in [5, 5.41) is 3.18. The number of hydrogen-bond acceptors (Lipinski definition) is 2. The van der Waals surface area contributed by atoms with Gasteiger partial charge in [-0.25, -0.2) is 9.98 Å². The van der Waals surface area contributed by atoms with Gasteiger partial charge >= 0.3 is 0 Å². The summed E-state index contributed by atoms with van der Waals surface area (Å²) in [6, 6.07) is 12.5. The number of pyridine rings is 1. The predicted molar refractivity (Wildman–Crippen MR) is 97.3 cm³/mol. The smallest absolute Gasteiger partial charge is 0.193 e. The maximum Gasteiger partial charge on any atom is 0.193 e. The van der Waals surface area contributed by atoms with Gasteiger partial charge in [0.25, 0.3) is 0 Å². The van der Waals surface area contributed by atoms with Gasteiger partial charge in [-0.3, -0.25) is 0 Å². The molecule has 0 aliphatic heterocycles. The molecule has 0 atom stereocenters. The fourth-order valence-corrected chi connectivity index (χ4v) is 3.28. The molecule has 0 unspecified atom stereocenters. The molecular weight excluding hydrogens is 298 g/mol. The number of anilines is 1. The van der Waals surface area contributed by atoms with E-state index in [1.54, 1.807) is 0 Å². The topological polar surface area (TPSA) is 67.7 Å². The Morgan fingerprint density at radius 3 is 3.00 bits per heavy atom. The molecule has 1 aliphatic carbocycles. The number of imidazole rings is 1. The molecule has 0 saturated heterocycles. The van der Waals surface area contributed by atoms with Crippen molar-refractivity contribution in [2.24, 2.45) is 10.7 Å². The van der Waals surface area contributed by atoms with Gasteiger partial charge in [-0.2, -0.15) is 0 Å². The molecule has 0 radical (unpaired) electrons. The third-order valence-electron chi connectivity index (χ3n) is 4.53. The number of aryl methyl sites for hydroxylation is 3. The maximum atomic E-state index is 6.03. The summed E-state index contributed by atoms with van der Waals surface area (Å²) in [6.07, 6.45) is 5.60. The Morgan fingerprint density at radius 1 is 1.25 bits per heavy atom. The van der Waals surface area contributed by atoms with Crippen LogP contribution in [0.5, 0.6) is 0 Å². The maximum absolute atomic E-state index is 6.03. The van der Waals surface area contributed by atoms with E-state index >= 15 is 0 Å². The van der Waals surface area contributed by atoms with Crippen LogP contribution in [0.25, 0.3) is 5.65 Å². The van der Waals surface area contributed by atoms with Crippen molar-refractivity contribution < 1.29 is 0 Å². The van der Waals surface area contributed by atoms with E-state index in [-0.39, 0.29) is 0 Å². The SMILES string of the molecule is Cc1cccc2nc(CN=C(N)Nc3ccc4c(c3)CCC4)cn12. The third-order valence-corrected chi connectivity index (χ3v) is 4.53. The van der Waals surface area contributed by atoms with Crippen molar-refractivity contribution in [1.82, 2.24) is 9.38 Å². The van der Waals surface area contributed by atoms with Crippen LogP contribution in [0.2, 0.25) is 0 Å². The first-order chi connectivity index (χ1) is 11.7. The van der Waals surface area contributed by atoms with E-state index in [2.05, 4.69) is 50.9 Å². The van der Waals surface area contributed by atoms with Gasteiger partial charge in [0.05, 0.1) is 12.2 Å². The number of rotatable bonds is 3. The lowest BCUT2D eigenvalue weighted by atomic mass is 10.1. The molecule has 1 aromatic carbocycles. The lowest BCUT2D eigenvalue weighted by Gasteiger charge is -2.07. The standard InChI is InChI=1S/C19H21N5/c1-13-4-2-7-18-22-17(12-24(13)18)11-21-19(20)23-16-9-8-14-5-3-6-15(14)10-16/h2,4,7-10,12H,3,5-6,11H2,1H3,(H3,20,21,23). The zero-order chi connectivity index (χ0) is 16.5. The Balaban J connectivity index is 1.47. The van der Waals surface area contributed by atoms with E-state index < -0.39 is 0 Å². The van der Waals surface area contributed by atoms with Crippen LogP contribution in [0.1, 0.15) is 28.9 Å². The van der Waals surface area contributed by atoms with E-state index in [0.717, 1.165) is 29.1 Å². The van der Waals surface area contributed by atoms with Gasteiger partial charge in [-0.15, -0.1) is 0 Å². The van der Waals surface area contributed by atoms with Crippen LogP contribution in [-0.2, 0) is 19.4 Å². The molecule has 0 amide bonds. The second-order valence-corrected chi connectivity index (χ2v) is 6.29. The minimum absolute atomic E-state index is 0.418. The first kappa shape index (κ1) is 14.8. The predicted octanol–water partition coefficient (Wildman–Crippen LogP) is 3.06. The highest BCUT2D eigenvalue weighted by atomic mass is 15.1. The molecule has 2 heterocycles. The number of fused-ring (bicyclic) bond motifs is 2. The first-order valence-electron chi connectivity index (χ1n) is 8.31. The molecule has 3 aromatic rings. The Morgan fingerprint density at radius 2 is 2.12 bits per heavy atom. The van der Waals surface area contributed by atoms with Gasteiger partial charge in [0, 0.05) is 17.6 Å². The molecular formula is C19H21N5. The van der Waals surface area contributed by atoms with Gasteiger partial charge in [-0.05, 0) is 61.6 Å². The van der Waals surface area contributed by atoms with Gasteiger partial charge in [0.1, 0.15) is 5.65 Å². The van der Waals surface area contributed by atoms with Crippen LogP contribution in [0, 0.1) is 6.92 Å². The molecule has 0 spiro atoms. The summed E-state index contributed by atoms with van der Waals surface area (Å²) in [5.74, 6) is 0.418. The summed E-state index contributed by atoms with van der Waals surface area (Å²) in [4.78, 5) is 8.99. The monoisotopic (exact) mass is 319 g/mol. The van der Waals surface area contributed by atoms with Crippen molar-refractivity contribution in [1.29, 1.82) is 0 Å². The summed E-state index contributed by atoms with van der Waals surface area (Å²) in [6.45, 7) is 2.52. The minimum Gasteiger partial charge on any atom is -0.370 e. The molecule has 2 aromatic heterocycles. The summed E-state index contributed by atoms with van der Waals surface area (Å²) in [7, 11) is 0. The fourth-order valence-electron chi connectivity index (χ4n) is 3.28. The van der Waals surface area contributed by atoms with Crippen LogP contribution in [0.15, 0.2) is 47.6 Å². The normalized spacial score (nSPS) is 14.1. The molecule has 4 rings (SSSR count). The molecule has 122 valence electrons. The average Bonchev–Trinajstić information content (AvgIpc) is 3.19. The van der Waals surface area contributed by atoms with Crippen molar-refractivity contribution in [3.05, 3.63) is 65.1 Å². The van der Waals surface area contributed by atoms with Crippen LogP contribution < -0.4 is 11.1 Å². The Bertz CT molecular complexity index is 923. The minimum atomic E-state index is 0.418. The van der Waals surface area contributed by atoms with E-state index in [4.69, 9.17) is 5.73 Å². The van der Waals surface area contributed by atoms with E-state index in [9.17, 15) is 0 Å². The highest BCUT2D eigenvalue weighted by Gasteiger charge is 2.11. The zero-order valence-electron chi connectivity index (χ0n) is 13.8. The van der Waals surface area contributed by atoms with Gasteiger partial charge in [0.15, 0.2) is 5.96 Å². The second-order valence-electron chi connectivity index (χ2n) is 6.29. The lowest BCUT2D eigenvalue weighted by molar-refractivity contribution is 0.912. The second kappa shape index (κ2) is 6.00. The van der Waals surface area contributed by atoms with E-state index in [1.165, 1.54) is 24.0 Å². The summed E-state index contributed by atoms with van der Waals surface area (Å²) >= 11 is 0. The van der Waals surface area contributed by atoms with Crippen LogP contribution in [-0.4, -0.2) is 15.3 Å². The third kappa shape index (κ3) is 2.85. The molecule has 1 aliphatic rings. The van der Waals surface area contributed by atoms with Crippen molar-refractivity contribution in [2.45, 2.75) is 32.7 Å². The quantitative estimate of drug-likeness (QED) is 0.576. The number of hydrogen-bond donors (Lipinski definition) is 2. The van der Waals surface area contributed by atoms with Crippen LogP contribution >= 0.6 is 0 Å². The molecule has 24 heavy (non-hydrogen) atoms. The summed E-state index contributed by atoms with van der Waals surface area (Å²) < 4.78 is 2.06. The number of nitrogens with zero attached hydrogens (tertiary/aromatic N) is 3. The Hall–Kier alpha value is -2.82. The van der Waals surface area contributed by atoms with Crippen molar-refractivity contribution in [3.63, 3.8) is 0 Å². The Kier molecular flexibility index (Phi) is 3.69. The molecule has 0 saturated carbocycles. The Labute approximate surface area is 141 Å². The molecule has 3 N–H and O–H groups in total. The number of nitrogens with one attached hydrogen (secondary N) is 1. The molecule has 0 bridgehead atoms. The number of aromatic nitrogens is 2. The van der Waals surface area contributed by atoms with E-state index in [0.29, 0.717) is 12.5 Å². The van der Waals surface area contributed by atoms with Gasteiger partial charge in [0.2, 0.25) is 0 Å². The fraction of sp³-hybridized carbons (Fsp3) is 0.263. The summed E-state index contributed by atoms with van der Waals surface area (Å²) in [5.41, 5.74) is 12.9. The van der Waals surface area contributed by atoms with Crippen molar-refractivity contribution in [3.8, 4) is 0 Å². The first-order valence-corrected chi connectivity index (χ1v) is 8.31. The van der Waals surface area contributed by atoms with Gasteiger partial charge < -0.3 is 15.5 Å². The molecule has 5 nitrogen and oxygen atoms in total. The number of benzene rings is 1. The van der Waals surface area contributed by atoms with Crippen LogP contribution in [0.3, 0.4) is 0 Å². The van der Waals surface area contributed by atoms with Gasteiger partial charge in [-0.1, -0.05) is 12.1 Å². The number of nitrogens with two attached hydrogens (primary N) is 1. The average molecular weight is 319 g/mol. The van der Waals surface area contributed by atoms with Crippen molar-refractivity contribution >= 4 is 17.3 Å². The number of aliphatic imine (C=N–C) groups is 1. The van der Waals surface area contributed by atoms with Crippen molar-refractivity contribution in [2.75, 3.05) is 5.32 Å². The molecule has 0 fully saturated rings. The van der Waals surface area contributed by atoms with E-state index in [1.807, 2.05) is 18.3 Å². The highest BCUT2D eigenvalue weighted by Crippen LogP contribution is 2.24. The highest BCUT2D eigenvalue weighted by molar-refractivity contribution is 5.92. The molecule has 5 heteroatoms. The zero-order valence-corrected chi connectivity index (χ0v) is 13.8. The van der Waals surface area contributed by atoms with Crippen LogP contribution in [0.4, 0.5) is 5.69 Å². The number of guanidine groups is 1. The largest absolute Gasteiger partial charge is 0.370 e. The lowest BCUT2D eigenvalue weighted by Crippen LogP contribution is -2.22.